The van der Waals surface area contributed by atoms with Gasteiger partial charge in [0.15, 0.2) is 5.43 Å². The summed E-state index contributed by atoms with van der Waals surface area (Å²) in [6.45, 7) is 4.52. The SMILES string of the molecule is CC1(C)c2cccc3c(=O)n(-c4cc(-c5ccccc5)cc(-c5ccccc5)c4)c4cccc1c4c23.O=c1c2cccc3c(=O)n(-c4ccccc4)c4cccc1c4c23.O=c1c2cccc3c2c2c(cccc2n1-c1cc(-c2ccccc2)cc(-c2ccccc2)c1)C3(c1ccccc1)c1ccccc1.O=c1c2cccc3sc4cccc(c4c32)n1-c1cc(-c2ccccc2)cc(-c2ccccc2)c1. The summed E-state index contributed by atoms with van der Waals surface area (Å²) < 4.78 is 9.83. The fraction of sp³-hybridized carbons (Fsp3) is 0.0310. The zero-order valence-corrected chi connectivity index (χ0v) is 76.6. The fourth-order valence-electron chi connectivity index (χ4n) is 22.4. The van der Waals surface area contributed by atoms with Crippen molar-refractivity contribution in [2.75, 3.05) is 0 Å². The third kappa shape index (κ3) is 13.4. The van der Waals surface area contributed by atoms with E-state index in [4.69, 9.17) is 0 Å². The molecule has 21 aromatic carbocycles. The summed E-state index contributed by atoms with van der Waals surface area (Å²) in [7, 11) is 0. The summed E-state index contributed by atoms with van der Waals surface area (Å²) in [4.78, 5) is 68.7. The first kappa shape index (κ1) is 83.0. The van der Waals surface area contributed by atoms with Crippen molar-refractivity contribution in [2.24, 2.45) is 0 Å². The standard InChI is InChI=1S/C44H29NO.C34H25NO.C31H19NOS.C20H11NO2/c46-43-37-23-13-24-38-41(37)42-39(44(38,34-19-9-3-10-20-34)35-21-11-4-12-22-35)25-14-26-40(42)45(43)36-28-32(30-15-5-1-6-16-30)27-33(29-36)31-17-7-2-8-18-31;1-34(2)28-16-9-15-27-31(28)32-29(34)17-10-18-30(32)35(33(27)36)26-20-24(22-11-5-3-6-12-22)19-25(21-26)23-13-7-4-8-14-23;33-31-25-13-7-15-27-29(25)30-26(14-8-16-28(30)34-27)32(31)24-18-22(20-9-3-1-4-10-20)17-23(19-24)21-11-5-2-6-12-21;22-19-13-8-4-10-15-17(13)18-14(19)9-5-11-16(18)21(20(15)23)12-6-2-1-3-7-12/h1-29H;3-21H,1-2H3;1-19H;1-11H. The van der Waals surface area contributed by atoms with Crippen LogP contribution in [0.4, 0.5) is 0 Å². The lowest BCUT2D eigenvalue weighted by molar-refractivity contribution is 0.663. The van der Waals surface area contributed by atoms with E-state index in [0.29, 0.717) is 16.2 Å². The number of hydrogen-bond donors (Lipinski definition) is 0. The van der Waals surface area contributed by atoms with Crippen molar-refractivity contribution >= 4 is 118 Å². The van der Waals surface area contributed by atoms with Gasteiger partial charge in [0.25, 0.3) is 22.2 Å². The molecule has 656 valence electrons. The Morgan fingerprint density at radius 2 is 0.439 bits per heavy atom. The summed E-state index contributed by atoms with van der Waals surface area (Å²) in [6, 6.07) is 161. The molecule has 10 heteroatoms. The molecule has 0 unspecified atom stereocenters. The molecule has 0 saturated heterocycles. The predicted molar refractivity (Wildman–Crippen MR) is 578 cm³/mol. The van der Waals surface area contributed by atoms with Crippen molar-refractivity contribution in [2.45, 2.75) is 24.7 Å². The third-order valence-electron chi connectivity index (χ3n) is 28.5. The van der Waals surface area contributed by atoms with Gasteiger partial charge in [-0.1, -0.05) is 360 Å². The van der Waals surface area contributed by atoms with Gasteiger partial charge < -0.3 is 0 Å². The first-order valence-electron chi connectivity index (χ1n) is 47.0. The molecule has 5 heterocycles. The average Bonchev–Trinajstić information content (AvgIpc) is 1.56. The van der Waals surface area contributed by atoms with Crippen LogP contribution in [-0.2, 0) is 10.8 Å². The van der Waals surface area contributed by atoms with Crippen molar-refractivity contribution in [3.63, 3.8) is 0 Å². The number of nitrogens with zero attached hydrogens (tertiary/aromatic N) is 4. The minimum Gasteiger partial charge on any atom is -0.289 e. The number of pyridine rings is 4. The van der Waals surface area contributed by atoms with Crippen LogP contribution in [0.5, 0.6) is 0 Å². The summed E-state index contributed by atoms with van der Waals surface area (Å²) in [6.07, 6.45) is 0. The van der Waals surface area contributed by atoms with Gasteiger partial charge in [-0.05, 0) is 228 Å². The average molecular weight is 1800 g/mol. The molecular formula is C129H84N4O5S. The second-order valence-corrected chi connectivity index (χ2v) is 37.6. The number of hydrogen-bond acceptors (Lipinski definition) is 6. The van der Waals surface area contributed by atoms with Gasteiger partial charge in [-0.15, -0.1) is 11.3 Å². The van der Waals surface area contributed by atoms with Crippen molar-refractivity contribution in [1.82, 2.24) is 18.3 Å². The van der Waals surface area contributed by atoms with E-state index in [1.54, 1.807) is 34.1 Å². The molecule has 2 aliphatic rings. The molecule has 0 saturated carbocycles. The van der Waals surface area contributed by atoms with Crippen molar-refractivity contribution in [3.8, 4) is 89.5 Å². The van der Waals surface area contributed by atoms with E-state index in [1.165, 1.54) is 43.3 Å². The fourth-order valence-corrected chi connectivity index (χ4v) is 23.5. The number of thiophene rings is 1. The Kier molecular flexibility index (Phi) is 19.9. The zero-order valence-electron chi connectivity index (χ0n) is 75.8. The van der Waals surface area contributed by atoms with Crippen molar-refractivity contribution in [3.05, 3.63) is 558 Å². The van der Waals surface area contributed by atoms with Gasteiger partial charge in [0.2, 0.25) is 0 Å². The Hall–Kier alpha value is -17.8. The van der Waals surface area contributed by atoms with E-state index in [9.17, 15) is 24.0 Å². The van der Waals surface area contributed by atoms with Gasteiger partial charge in [0.05, 0.1) is 44.5 Å². The van der Waals surface area contributed by atoms with Crippen LogP contribution in [0.15, 0.2) is 497 Å². The summed E-state index contributed by atoms with van der Waals surface area (Å²) >= 11 is 1.75. The largest absolute Gasteiger partial charge is 0.289 e. The lowest BCUT2D eigenvalue weighted by Crippen LogP contribution is -2.28. The normalized spacial score (nSPS) is 12.6. The van der Waals surface area contributed by atoms with Gasteiger partial charge in [-0.2, -0.15) is 0 Å². The molecule has 2 aliphatic carbocycles. The molecular weight excluding hydrogens is 1720 g/mol. The van der Waals surface area contributed by atoms with Crippen LogP contribution in [0.1, 0.15) is 47.2 Å². The maximum absolute atomic E-state index is 14.9. The molecule has 9 nitrogen and oxygen atoms in total. The lowest BCUT2D eigenvalue weighted by atomic mass is 9.67. The molecule has 0 atom stereocenters. The van der Waals surface area contributed by atoms with Crippen LogP contribution in [0.3, 0.4) is 0 Å². The Labute approximate surface area is 803 Å². The second-order valence-electron chi connectivity index (χ2n) is 36.6. The van der Waals surface area contributed by atoms with Gasteiger partial charge in [-0.3, -0.25) is 42.2 Å². The van der Waals surface area contributed by atoms with E-state index in [0.717, 1.165) is 170 Å². The number of para-hydroxylation sites is 1. The second kappa shape index (κ2) is 33.4. The predicted octanol–water partition coefficient (Wildman–Crippen LogP) is 30.0. The molecule has 0 aliphatic heterocycles. The third-order valence-corrected chi connectivity index (χ3v) is 29.6. The van der Waals surface area contributed by atoms with Crippen LogP contribution in [0.2, 0.25) is 0 Å². The smallest absolute Gasteiger partial charge is 0.263 e. The minimum atomic E-state index is -0.559. The number of benzene rings is 20. The molecule has 5 aromatic heterocycles. The van der Waals surface area contributed by atoms with Gasteiger partial charge in [-0.25, -0.2) is 0 Å². The number of rotatable bonds is 12. The first-order valence-corrected chi connectivity index (χ1v) is 47.8. The van der Waals surface area contributed by atoms with Crippen LogP contribution < -0.4 is 27.7 Å². The van der Waals surface area contributed by atoms with Crippen LogP contribution in [0.25, 0.3) is 196 Å². The molecule has 0 spiro atoms. The van der Waals surface area contributed by atoms with Crippen LogP contribution in [-0.4, -0.2) is 18.3 Å². The zero-order chi connectivity index (χ0) is 93.3. The van der Waals surface area contributed by atoms with Crippen molar-refractivity contribution in [1.29, 1.82) is 0 Å². The molecule has 0 amide bonds. The Morgan fingerprint density at radius 1 is 0.187 bits per heavy atom. The molecule has 0 bridgehead atoms. The van der Waals surface area contributed by atoms with Crippen molar-refractivity contribution < 1.29 is 0 Å². The summed E-state index contributed by atoms with van der Waals surface area (Å²) in [5.41, 5.74) is 26.8. The topological polar surface area (TPSA) is 105 Å². The molecule has 26 aromatic rings. The van der Waals surface area contributed by atoms with E-state index < -0.39 is 5.41 Å². The van der Waals surface area contributed by atoms with Crippen LogP contribution >= 0.6 is 11.3 Å². The highest BCUT2D eigenvalue weighted by Gasteiger charge is 2.46. The summed E-state index contributed by atoms with van der Waals surface area (Å²) in [5.74, 6) is 0. The first-order chi connectivity index (χ1) is 68.3. The van der Waals surface area contributed by atoms with E-state index in [1.807, 2.05) is 129 Å². The number of aromatic nitrogens is 4. The van der Waals surface area contributed by atoms with Gasteiger partial charge in [0, 0.05) is 95.9 Å². The Balaban J connectivity index is 0.000000100. The maximum Gasteiger partial charge on any atom is 0.263 e. The van der Waals surface area contributed by atoms with Gasteiger partial charge >= 0.3 is 0 Å². The molecule has 0 fully saturated rings. The highest BCUT2D eigenvalue weighted by Crippen LogP contribution is 2.56. The minimum absolute atomic E-state index is 0.00131. The summed E-state index contributed by atoms with van der Waals surface area (Å²) in [5, 5.41) is 12.6. The molecule has 0 N–H and O–H groups in total. The van der Waals surface area contributed by atoms with E-state index in [2.05, 4.69) is 354 Å². The van der Waals surface area contributed by atoms with E-state index in [-0.39, 0.29) is 33.1 Å². The molecule has 0 radical (unpaired) electrons. The monoisotopic (exact) mass is 1800 g/mol. The Morgan fingerprint density at radius 3 is 0.835 bits per heavy atom. The molecule has 139 heavy (non-hydrogen) atoms. The maximum atomic E-state index is 14.9. The van der Waals surface area contributed by atoms with Crippen LogP contribution in [0, 0.1) is 0 Å². The highest BCUT2D eigenvalue weighted by atomic mass is 32.1. The molecule has 28 rings (SSSR count). The quantitative estimate of drug-likeness (QED) is 0.113. The Bertz CT molecular complexity index is 9480. The van der Waals surface area contributed by atoms with E-state index >= 15 is 0 Å². The highest BCUT2D eigenvalue weighted by molar-refractivity contribution is 7.26. The lowest BCUT2D eigenvalue weighted by Gasteiger charge is -2.34. The van der Waals surface area contributed by atoms with Gasteiger partial charge in [0.1, 0.15) is 0 Å².